The number of halogens is 4. The van der Waals surface area contributed by atoms with Gasteiger partial charge in [-0.25, -0.2) is 9.18 Å². The first-order chi connectivity index (χ1) is 18.3. The van der Waals surface area contributed by atoms with E-state index in [1.54, 1.807) is 12.1 Å². The number of ether oxygens (including phenoxy) is 1. The lowest BCUT2D eigenvalue weighted by Crippen LogP contribution is -2.59. The molecule has 0 bridgehead atoms. The van der Waals surface area contributed by atoms with Crippen molar-refractivity contribution in [1.29, 1.82) is 0 Å². The Morgan fingerprint density at radius 1 is 0.974 bits per heavy atom. The maximum absolute atomic E-state index is 13.3. The normalized spacial score (nSPS) is 26.4. The molecule has 208 valence electrons. The average molecular weight is 551 g/mol. The van der Waals surface area contributed by atoms with Gasteiger partial charge < -0.3 is 9.84 Å². The van der Waals surface area contributed by atoms with Crippen LogP contribution in [0.15, 0.2) is 48.5 Å². The summed E-state index contributed by atoms with van der Waals surface area (Å²) in [4.78, 5) is 51.6. The average Bonchev–Trinajstić information content (AvgIpc) is 3.34. The standard InChI is InChI=1S/C25H25FN2O4.C2HF3O2/c1-27-22(29)19-20(23(27)30)25(24(31)32-2)13-3-4-14-28(25)21(19)17-7-5-15(6-8-17)16-9-11-18(26)12-10-16;3-2(4,5)1(6)7/h5-12,19-21H,3-4,13-14H2,1-2H3;(H,6,7)/t19-,20-,21-,25+;/m1./s1. The molecule has 0 saturated carbocycles. The number of esters is 1. The summed E-state index contributed by atoms with van der Waals surface area (Å²) < 4.78 is 50.2. The van der Waals surface area contributed by atoms with E-state index < -0.39 is 35.5 Å². The molecule has 0 aromatic heterocycles. The van der Waals surface area contributed by atoms with Gasteiger partial charge in [-0.2, -0.15) is 13.2 Å². The molecular weight excluding hydrogens is 524 g/mol. The van der Waals surface area contributed by atoms with E-state index in [4.69, 9.17) is 14.6 Å². The molecule has 5 rings (SSSR count). The fourth-order valence-electron chi connectivity index (χ4n) is 6.02. The lowest BCUT2D eigenvalue weighted by Gasteiger charge is -2.44. The van der Waals surface area contributed by atoms with Crippen LogP contribution >= 0.6 is 0 Å². The highest BCUT2D eigenvalue weighted by molar-refractivity contribution is 6.09. The molecule has 3 aliphatic rings. The fraction of sp³-hybridized carbons (Fsp3) is 0.407. The molecule has 0 spiro atoms. The molecule has 8 nitrogen and oxygen atoms in total. The van der Waals surface area contributed by atoms with E-state index in [0.29, 0.717) is 13.0 Å². The minimum atomic E-state index is -5.08. The van der Waals surface area contributed by atoms with Crippen molar-refractivity contribution in [2.45, 2.75) is 37.0 Å². The van der Waals surface area contributed by atoms with Gasteiger partial charge in [-0.3, -0.25) is 24.2 Å². The number of nitrogens with zero attached hydrogens (tertiary/aromatic N) is 2. The highest BCUT2D eigenvalue weighted by atomic mass is 19.4. The van der Waals surface area contributed by atoms with Crippen LogP contribution in [-0.4, -0.2) is 71.1 Å². The third kappa shape index (κ3) is 4.77. The Kier molecular flexibility index (Phi) is 7.53. The topological polar surface area (TPSA) is 104 Å². The number of benzene rings is 2. The van der Waals surface area contributed by atoms with E-state index in [0.717, 1.165) is 29.5 Å². The summed E-state index contributed by atoms with van der Waals surface area (Å²) in [6.07, 6.45) is -2.89. The maximum Gasteiger partial charge on any atom is 0.490 e. The highest BCUT2D eigenvalue weighted by Crippen LogP contribution is 2.58. The third-order valence-electron chi connectivity index (χ3n) is 7.69. The Bertz CT molecular complexity index is 1280. The second kappa shape index (κ2) is 10.4. The number of carbonyl (C=O) groups is 4. The Morgan fingerprint density at radius 2 is 1.51 bits per heavy atom. The maximum atomic E-state index is 13.3. The van der Waals surface area contributed by atoms with Crippen LogP contribution < -0.4 is 0 Å². The van der Waals surface area contributed by atoms with Crippen LogP contribution in [0.25, 0.3) is 11.1 Å². The monoisotopic (exact) mass is 550 g/mol. The van der Waals surface area contributed by atoms with Crippen molar-refractivity contribution < 1.29 is 46.6 Å². The van der Waals surface area contributed by atoms with Crippen LogP contribution in [0.2, 0.25) is 0 Å². The molecule has 1 N–H and O–H groups in total. The summed E-state index contributed by atoms with van der Waals surface area (Å²) in [6, 6.07) is 13.6. The van der Waals surface area contributed by atoms with E-state index in [2.05, 4.69) is 0 Å². The zero-order valence-electron chi connectivity index (χ0n) is 21.1. The number of methoxy groups -OCH3 is 1. The Hall–Kier alpha value is -3.80. The van der Waals surface area contributed by atoms with Gasteiger partial charge in [0.05, 0.1) is 18.9 Å². The molecular formula is C27H26F4N2O6. The van der Waals surface area contributed by atoms with Crippen molar-refractivity contribution in [3.63, 3.8) is 0 Å². The Balaban J connectivity index is 0.000000448. The van der Waals surface area contributed by atoms with Gasteiger partial charge in [-0.05, 0) is 54.6 Å². The number of carboxylic acids is 1. The molecule has 12 heteroatoms. The Labute approximate surface area is 221 Å². The lowest BCUT2D eigenvalue weighted by atomic mass is 9.75. The molecule has 2 aromatic rings. The summed E-state index contributed by atoms with van der Waals surface area (Å²) in [5, 5.41) is 7.12. The molecule has 4 atom stereocenters. The molecule has 3 fully saturated rings. The van der Waals surface area contributed by atoms with E-state index in [1.807, 2.05) is 29.2 Å². The van der Waals surface area contributed by atoms with Crippen LogP contribution in [0, 0.1) is 17.7 Å². The summed E-state index contributed by atoms with van der Waals surface area (Å²) in [5.41, 5.74) is 1.58. The number of carboxylic acid groups (broad SMARTS) is 1. The second-order valence-corrected chi connectivity index (χ2v) is 9.68. The minimum absolute atomic E-state index is 0.245. The smallest absolute Gasteiger partial charge is 0.475 e. The summed E-state index contributed by atoms with van der Waals surface area (Å²) in [7, 11) is 2.84. The summed E-state index contributed by atoms with van der Waals surface area (Å²) in [6.45, 7) is 0.622. The molecule has 0 aliphatic carbocycles. The van der Waals surface area contributed by atoms with Crippen molar-refractivity contribution >= 4 is 23.8 Å². The van der Waals surface area contributed by atoms with Crippen LogP contribution in [-0.2, 0) is 23.9 Å². The number of piperidine rings is 1. The van der Waals surface area contributed by atoms with Gasteiger partial charge >= 0.3 is 18.1 Å². The molecule has 39 heavy (non-hydrogen) atoms. The first-order valence-electron chi connectivity index (χ1n) is 12.2. The first-order valence-corrected chi connectivity index (χ1v) is 12.2. The van der Waals surface area contributed by atoms with E-state index >= 15 is 0 Å². The molecule has 3 aliphatic heterocycles. The van der Waals surface area contributed by atoms with Crippen molar-refractivity contribution in [1.82, 2.24) is 9.80 Å². The minimum Gasteiger partial charge on any atom is -0.475 e. The number of aliphatic carboxylic acids is 1. The molecule has 0 unspecified atom stereocenters. The number of imide groups is 1. The number of alkyl halides is 3. The van der Waals surface area contributed by atoms with Crippen molar-refractivity contribution in [2.24, 2.45) is 11.8 Å². The van der Waals surface area contributed by atoms with Gasteiger partial charge in [0.15, 0.2) is 0 Å². The third-order valence-corrected chi connectivity index (χ3v) is 7.69. The van der Waals surface area contributed by atoms with E-state index in [9.17, 15) is 31.9 Å². The molecule has 2 aromatic carbocycles. The Morgan fingerprint density at radius 3 is 2.03 bits per heavy atom. The number of carbonyl (C=O) groups excluding carboxylic acids is 3. The van der Waals surface area contributed by atoms with Crippen LogP contribution in [0.5, 0.6) is 0 Å². The molecule has 0 radical (unpaired) electrons. The summed E-state index contributed by atoms with van der Waals surface area (Å²) >= 11 is 0. The lowest BCUT2D eigenvalue weighted by molar-refractivity contribution is -0.192. The van der Waals surface area contributed by atoms with Gasteiger partial charge in [0.25, 0.3) is 0 Å². The number of likely N-dealkylation sites (tertiary alicyclic amines) is 1. The van der Waals surface area contributed by atoms with Gasteiger partial charge in [0.2, 0.25) is 11.8 Å². The number of rotatable bonds is 3. The SMILES string of the molecule is COC(=O)[C@@]12CCCCN1[C@H](c1ccc(-c3ccc(F)cc3)cc1)[C@@H]1C(=O)N(C)C(=O)[C@@H]12.O=C(O)C(F)(F)F. The first kappa shape index (κ1) is 28.2. The van der Waals surface area contributed by atoms with Crippen molar-refractivity contribution in [2.75, 3.05) is 20.7 Å². The van der Waals surface area contributed by atoms with Crippen molar-refractivity contribution in [3.05, 3.63) is 59.9 Å². The van der Waals surface area contributed by atoms with Gasteiger partial charge in [-0.15, -0.1) is 0 Å². The fourth-order valence-corrected chi connectivity index (χ4v) is 6.02. The number of amides is 2. The zero-order chi connectivity index (χ0) is 28.7. The van der Waals surface area contributed by atoms with E-state index in [-0.39, 0.29) is 23.7 Å². The van der Waals surface area contributed by atoms with Crippen LogP contribution in [0.1, 0.15) is 30.9 Å². The molecule has 3 saturated heterocycles. The van der Waals surface area contributed by atoms with Crippen LogP contribution in [0.4, 0.5) is 17.6 Å². The number of hydrogen-bond donors (Lipinski definition) is 1. The van der Waals surface area contributed by atoms with Crippen LogP contribution in [0.3, 0.4) is 0 Å². The van der Waals surface area contributed by atoms with Gasteiger partial charge in [-0.1, -0.05) is 36.4 Å². The highest BCUT2D eigenvalue weighted by Gasteiger charge is 2.72. The number of fused-ring (bicyclic) bond motifs is 3. The van der Waals surface area contributed by atoms with Gasteiger partial charge in [0, 0.05) is 13.1 Å². The van der Waals surface area contributed by atoms with Gasteiger partial charge in [0.1, 0.15) is 11.4 Å². The summed E-state index contributed by atoms with van der Waals surface area (Å²) in [5.74, 6) is -5.40. The van der Waals surface area contributed by atoms with E-state index in [1.165, 1.54) is 31.2 Å². The molecule has 3 heterocycles. The van der Waals surface area contributed by atoms with Crippen molar-refractivity contribution in [3.8, 4) is 11.1 Å². The zero-order valence-corrected chi connectivity index (χ0v) is 21.1. The number of hydrogen-bond acceptors (Lipinski definition) is 6. The molecule has 2 amide bonds. The largest absolute Gasteiger partial charge is 0.490 e. The predicted octanol–water partition coefficient (Wildman–Crippen LogP) is 3.81. The second-order valence-electron chi connectivity index (χ2n) is 9.68. The predicted molar refractivity (Wildman–Crippen MR) is 128 cm³/mol. The quantitative estimate of drug-likeness (QED) is 0.352.